The molecule has 0 aromatic carbocycles. The molecule has 0 amide bonds. The Morgan fingerprint density at radius 2 is 1.46 bits per heavy atom. The molecule has 2 N–H and O–H groups in total. The first kappa shape index (κ1) is 18.4. The lowest BCUT2D eigenvalue weighted by Crippen LogP contribution is -2.47. The maximum atomic E-state index is 12.9. The maximum Gasteiger partial charge on any atom is 0.334 e. The van der Waals surface area contributed by atoms with Gasteiger partial charge in [-0.15, -0.1) is 0 Å². The molecule has 2 saturated carbocycles. The Labute approximate surface area is 150 Å². The van der Waals surface area contributed by atoms with E-state index in [2.05, 4.69) is 0 Å². The van der Waals surface area contributed by atoms with E-state index in [1.165, 1.54) is 4.57 Å². The summed E-state index contributed by atoms with van der Waals surface area (Å²) in [6, 6.07) is -0.495. The van der Waals surface area contributed by atoms with Crippen LogP contribution < -0.4 is 11.2 Å². The number of carboxylic acid groups (broad SMARTS) is 1. The molecule has 0 unspecified atom stereocenters. The summed E-state index contributed by atoms with van der Waals surface area (Å²) in [5, 5.41) is 19.4. The Morgan fingerprint density at radius 3 is 2.00 bits per heavy atom. The first-order valence-corrected chi connectivity index (χ1v) is 9.26. The van der Waals surface area contributed by atoms with Crippen LogP contribution in [0, 0.1) is 0 Å². The first-order valence-electron chi connectivity index (χ1n) is 9.26. The molecule has 2 aliphatic carbocycles. The number of carboxylic acids is 1. The fraction of sp³-hybridized carbons (Fsp3) is 0.667. The zero-order valence-electron chi connectivity index (χ0n) is 14.6. The largest absolute Gasteiger partial charge is 0.494 e. The van der Waals surface area contributed by atoms with Crippen LogP contribution in [0.4, 0.5) is 0 Å². The molecule has 8 nitrogen and oxygen atoms in total. The van der Waals surface area contributed by atoms with E-state index in [1.807, 2.05) is 0 Å². The van der Waals surface area contributed by atoms with Crippen LogP contribution in [0.5, 0.6) is 5.88 Å². The highest BCUT2D eigenvalue weighted by molar-refractivity contribution is 5.99. The van der Waals surface area contributed by atoms with Crippen LogP contribution in [0.1, 0.15) is 86.6 Å². The first-order chi connectivity index (χ1) is 12.4. The van der Waals surface area contributed by atoms with E-state index in [-0.39, 0.29) is 18.5 Å². The quantitative estimate of drug-likeness (QED) is 0.745. The van der Waals surface area contributed by atoms with Crippen molar-refractivity contribution in [3.05, 3.63) is 26.4 Å². The second-order valence-corrected chi connectivity index (χ2v) is 7.22. The Bertz CT molecular complexity index is 827. The number of carbonyl (C=O) groups excluding carboxylic acids is 1. The number of aromatic hydroxyl groups is 1. The molecule has 2 aliphatic rings. The SMILES string of the molecule is O=C(O)CCC(=O)c1c(O)n(C2CCCCC2)c(=O)n(C2CCC2)c1=O. The van der Waals surface area contributed by atoms with E-state index >= 15 is 0 Å². The van der Waals surface area contributed by atoms with E-state index < -0.39 is 40.9 Å². The van der Waals surface area contributed by atoms with E-state index in [1.54, 1.807) is 0 Å². The number of carbonyl (C=O) groups is 2. The molecule has 3 rings (SSSR count). The van der Waals surface area contributed by atoms with Crippen LogP contribution in [0.25, 0.3) is 0 Å². The van der Waals surface area contributed by atoms with Gasteiger partial charge < -0.3 is 10.2 Å². The minimum Gasteiger partial charge on any atom is -0.494 e. The summed E-state index contributed by atoms with van der Waals surface area (Å²) in [7, 11) is 0. The monoisotopic (exact) mass is 364 g/mol. The zero-order chi connectivity index (χ0) is 18.8. The topological polar surface area (TPSA) is 119 Å². The number of aromatic nitrogens is 2. The lowest BCUT2D eigenvalue weighted by molar-refractivity contribution is -0.136. The number of hydrogen-bond donors (Lipinski definition) is 2. The number of aliphatic carboxylic acids is 1. The van der Waals surface area contributed by atoms with Gasteiger partial charge in [0.15, 0.2) is 5.78 Å². The van der Waals surface area contributed by atoms with Gasteiger partial charge in [-0.25, -0.2) is 4.79 Å². The summed E-state index contributed by atoms with van der Waals surface area (Å²) in [5.41, 5.74) is -1.79. The fourth-order valence-corrected chi connectivity index (χ4v) is 3.85. The molecular weight excluding hydrogens is 340 g/mol. The third-order valence-corrected chi connectivity index (χ3v) is 5.52. The van der Waals surface area contributed by atoms with Gasteiger partial charge in [0.25, 0.3) is 5.56 Å². The lowest BCUT2D eigenvalue weighted by atomic mass is 9.92. The Hall–Kier alpha value is -2.38. The van der Waals surface area contributed by atoms with E-state index in [9.17, 15) is 24.3 Å². The van der Waals surface area contributed by atoms with Crippen molar-refractivity contribution in [2.24, 2.45) is 0 Å². The van der Waals surface area contributed by atoms with E-state index in [4.69, 9.17) is 5.11 Å². The maximum absolute atomic E-state index is 12.9. The molecule has 2 fully saturated rings. The highest BCUT2D eigenvalue weighted by atomic mass is 16.4. The zero-order valence-corrected chi connectivity index (χ0v) is 14.6. The van der Waals surface area contributed by atoms with Gasteiger partial charge in [0, 0.05) is 18.5 Å². The van der Waals surface area contributed by atoms with Gasteiger partial charge in [0.1, 0.15) is 5.56 Å². The second kappa shape index (κ2) is 7.47. The lowest BCUT2D eigenvalue weighted by Gasteiger charge is -2.31. The number of Topliss-reactive ketones (excluding diaryl/α,β-unsaturated/α-hetero) is 1. The molecule has 1 aromatic rings. The van der Waals surface area contributed by atoms with Crippen molar-refractivity contribution in [3.63, 3.8) is 0 Å². The van der Waals surface area contributed by atoms with Gasteiger partial charge >= 0.3 is 11.7 Å². The van der Waals surface area contributed by atoms with Crippen molar-refractivity contribution in [2.75, 3.05) is 0 Å². The number of rotatable bonds is 6. The third kappa shape index (κ3) is 3.32. The van der Waals surface area contributed by atoms with Gasteiger partial charge in [0.05, 0.1) is 6.42 Å². The number of ketones is 1. The second-order valence-electron chi connectivity index (χ2n) is 7.22. The standard InChI is InChI=1S/C18H24N2O6/c21-13(9-10-14(22)23)15-16(24)19(11-5-2-1-3-6-11)18(26)20(17(15)25)12-7-4-8-12/h11-12,24H,1-10H2,(H,22,23). The fourth-order valence-electron chi connectivity index (χ4n) is 3.85. The predicted molar refractivity (Wildman–Crippen MR) is 92.8 cm³/mol. The van der Waals surface area contributed by atoms with Crippen LogP contribution in [-0.4, -0.2) is 31.1 Å². The van der Waals surface area contributed by atoms with Crippen molar-refractivity contribution < 1.29 is 19.8 Å². The van der Waals surface area contributed by atoms with E-state index in [0.717, 1.165) is 30.3 Å². The smallest absolute Gasteiger partial charge is 0.334 e. The minimum absolute atomic E-state index is 0.241. The van der Waals surface area contributed by atoms with Crippen molar-refractivity contribution in [3.8, 4) is 5.88 Å². The van der Waals surface area contributed by atoms with Gasteiger partial charge in [-0.05, 0) is 32.1 Å². The highest BCUT2D eigenvalue weighted by Crippen LogP contribution is 2.33. The van der Waals surface area contributed by atoms with Gasteiger partial charge in [-0.1, -0.05) is 19.3 Å². The Balaban J connectivity index is 2.13. The van der Waals surface area contributed by atoms with Gasteiger partial charge in [-0.2, -0.15) is 0 Å². The van der Waals surface area contributed by atoms with Crippen molar-refractivity contribution in [2.45, 2.75) is 76.3 Å². The normalized spacial score (nSPS) is 18.5. The predicted octanol–water partition coefficient (Wildman–Crippen LogP) is 1.99. The molecule has 8 heteroatoms. The molecular formula is C18H24N2O6. The van der Waals surface area contributed by atoms with Gasteiger partial charge in [0.2, 0.25) is 5.88 Å². The molecule has 26 heavy (non-hydrogen) atoms. The molecule has 0 radical (unpaired) electrons. The molecule has 0 atom stereocenters. The van der Waals surface area contributed by atoms with Crippen molar-refractivity contribution in [1.82, 2.24) is 9.13 Å². The molecule has 1 heterocycles. The van der Waals surface area contributed by atoms with Gasteiger partial charge in [-0.3, -0.25) is 23.5 Å². The summed E-state index contributed by atoms with van der Waals surface area (Å²) in [6.07, 6.45) is 5.78. The average molecular weight is 364 g/mol. The average Bonchev–Trinajstić information content (AvgIpc) is 2.56. The van der Waals surface area contributed by atoms with Crippen LogP contribution in [0.15, 0.2) is 9.59 Å². The summed E-state index contributed by atoms with van der Waals surface area (Å²) >= 11 is 0. The molecule has 0 bridgehead atoms. The summed E-state index contributed by atoms with van der Waals surface area (Å²) in [4.78, 5) is 48.9. The molecule has 1 aromatic heterocycles. The number of hydrogen-bond acceptors (Lipinski definition) is 5. The van der Waals surface area contributed by atoms with Crippen LogP contribution in [0.3, 0.4) is 0 Å². The molecule has 0 spiro atoms. The molecule has 142 valence electrons. The highest BCUT2D eigenvalue weighted by Gasteiger charge is 2.32. The van der Waals surface area contributed by atoms with Crippen LogP contribution >= 0.6 is 0 Å². The van der Waals surface area contributed by atoms with Crippen molar-refractivity contribution in [1.29, 1.82) is 0 Å². The van der Waals surface area contributed by atoms with Crippen LogP contribution in [-0.2, 0) is 4.79 Å². The summed E-state index contributed by atoms with van der Waals surface area (Å²) in [6.45, 7) is 0. The third-order valence-electron chi connectivity index (χ3n) is 5.52. The van der Waals surface area contributed by atoms with Crippen molar-refractivity contribution >= 4 is 11.8 Å². The summed E-state index contributed by atoms with van der Waals surface area (Å²) in [5.74, 6) is -2.48. The molecule has 0 aliphatic heterocycles. The van der Waals surface area contributed by atoms with Crippen LogP contribution in [0.2, 0.25) is 0 Å². The number of nitrogens with zero attached hydrogens (tertiary/aromatic N) is 2. The molecule has 0 saturated heterocycles. The summed E-state index contributed by atoms with van der Waals surface area (Å²) < 4.78 is 2.30. The Kier molecular flexibility index (Phi) is 5.29. The minimum atomic E-state index is -1.15. The van der Waals surface area contributed by atoms with E-state index in [0.29, 0.717) is 25.7 Å². The Morgan fingerprint density at radius 1 is 0.885 bits per heavy atom.